The maximum absolute atomic E-state index is 12.6. The Balaban J connectivity index is 3.91. The van der Waals surface area contributed by atoms with E-state index in [1.807, 2.05) is 0 Å². The number of carbonyl (C=O) groups is 1. The summed E-state index contributed by atoms with van der Waals surface area (Å²) >= 11 is 0. The van der Waals surface area contributed by atoms with E-state index in [1.165, 1.54) is 148 Å². The molecule has 0 aromatic carbocycles. The number of allylic oxidation sites excluding steroid dienone is 8. The summed E-state index contributed by atoms with van der Waals surface area (Å²) in [6.45, 7) is 4.81. The van der Waals surface area contributed by atoms with E-state index in [1.54, 1.807) is 0 Å². The number of phosphoric acid groups is 1. The molecule has 8 nitrogen and oxygen atoms in total. The molecule has 0 fully saturated rings. The number of hydrogen-bond donors (Lipinski definition) is 2. The first kappa shape index (κ1) is 59.5. The second-order valence-electron chi connectivity index (χ2n) is 17.0. The minimum atomic E-state index is -4.29. The van der Waals surface area contributed by atoms with Crippen molar-refractivity contribution >= 4 is 13.8 Å². The van der Waals surface area contributed by atoms with Gasteiger partial charge < -0.3 is 20.1 Å². The molecule has 0 heterocycles. The molecule has 0 spiro atoms. The third kappa shape index (κ3) is 49.3. The molecular weight excluding hydrogens is 782 g/mol. The van der Waals surface area contributed by atoms with E-state index in [0.29, 0.717) is 13.0 Å². The lowest BCUT2D eigenvalue weighted by atomic mass is 10.0. The van der Waals surface area contributed by atoms with Crippen LogP contribution >= 0.6 is 7.82 Å². The van der Waals surface area contributed by atoms with E-state index in [4.69, 9.17) is 24.3 Å². The summed E-state index contributed by atoms with van der Waals surface area (Å²) in [7, 11) is -4.29. The Kier molecular flexibility index (Phi) is 48.2. The molecule has 0 aliphatic heterocycles. The Hall–Kier alpha value is -1.54. The second kappa shape index (κ2) is 49.5. The van der Waals surface area contributed by atoms with Crippen LogP contribution in [0.15, 0.2) is 48.6 Å². The molecule has 3 N–H and O–H groups in total. The van der Waals surface area contributed by atoms with Gasteiger partial charge in [-0.25, -0.2) is 4.57 Å². The van der Waals surface area contributed by atoms with Gasteiger partial charge in [-0.2, -0.15) is 0 Å². The summed E-state index contributed by atoms with van der Waals surface area (Å²) in [5.74, 6) is -0.350. The molecule has 0 aromatic rings. The summed E-state index contributed by atoms with van der Waals surface area (Å²) in [6.07, 6.45) is 60.1. The van der Waals surface area contributed by atoms with Gasteiger partial charge in [-0.3, -0.25) is 13.8 Å². The van der Waals surface area contributed by atoms with Crippen LogP contribution < -0.4 is 5.73 Å². The van der Waals surface area contributed by atoms with Crippen LogP contribution in [0.5, 0.6) is 0 Å². The number of esters is 1. The van der Waals surface area contributed by atoms with Gasteiger partial charge in [0.15, 0.2) is 0 Å². The van der Waals surface area contributed by atoms with Gasteiger partial charge >= 0.3 is 13.8 Å². The van der Waals surface area contributed by atoms with Gasteiger partial charge in [-0.05, 0) is 51.4 Å². The van der Waals surface area contributed by atoms with Crippen molar-refractivity contribution < 1.29 is 32.8 Å². The fourth-order valence-electron chi connectivity index (χ4n) is 7.28. The molecule has 0 radical (unpaired) electrons. The largest absolute Gasteiger partial charge is 0.472 e. The fourth-order valence-corrected chi connectivity index (χ4v) is 8.05. The Morgan fingerprint density at radius 3 is 1.38 bits per heavy atom. The van der Waals surface area contributed by atoms with Crippen LogP contribution in [0.3, 0.4) is 0 Å². The standard InChI is InChI=1S/C52H98NO7P/c1-3-5-7-9-11-13-15-17-19-21-22-23-24-25-26-27-28-30-32-34-36-38-40-42-44-47-57-49-51(50-59-61(55,56)58-48-46-53)60-52(54)45-43-41-39-37-35-33-31-29-20-18-16-14-12-10-8-6-4-2/h6,8,12,14,18,20,31,33,51H,3-5,7,9-11,13,15-17,19,21-30,32,34-50,53H2,1-2H3,(H,55,56)/b8-6-,14-12-,20-18-,33-31-. The number of ether oxygens (including phenoxy) is 2. The van der Waals surface area contributed by atoms with Gasteiger partial charge in [-0.1, -0.05) is 229 Å². The fraction of sp³-hybridized carbons (Fsp3) is 0.827. The maximum atomic E-state index is 12.6. The van der Waals surface area contributed by atoms with Gasteiger partial charge in [-0.15, -0.1) is 0 Å². The van der Waals surface area contributed by atoms with Crippen molar-refractivity contribution in [2.45, 2.75) is 245 Å². The Morgan fingerprint density at radius 1 is 0.508 bits per heavy atom. The molecule has 61 heavy (non-hydrogen) atoms. The highest BCUT2D eigenvalue weighted by Crippen LogP contribution is 2.43. The molecule has 0 saturated carbocycles. The molecule has 358 valence electrons. The predicted molar refractivity (Wildman–Crippen MR) is 261 cm³/mol. The van der Waals surface area contributed by atoms with Crippen LogP contribution in [0.1, 0.15) is 239 Å². The molecule has 0 bridgehead atoms. The molecule has 9 heteroatoms. The summed E-state index contributed by atoms with van der Waals surface area (Å²) in [6, 6.07) is 0. The topological polar surface area (TPSA) is 117 Å². The van der Waals surface area contributed by atoms with Crippen LogP contribution in [-0.4, -0.2) is 49.9 Å². The second-order valence-corrected chi connectivity index (χ2v) is 18.5. The first-order valence-corrected chi connectivity index (χ1v) is 27.1. The Labute approximate surface area is 377 Å². The van der Waals surface area contributed by atoms with Crippen LogP contribution in [0.2, 0.25) is 0 Å². The molecule has 0 amide bonds. The summed E-state index contributed by atoms with van der Waals surface area (Å²) in [5.41, 5.74) is 5.38. The molecule has 0 aromatic heterocycles. The predicted octanol–water partition coefficient (Wildman–Crippen LogP) is 15.9. The van der Waals surface area contributed by atoms with Crippen LogP contribution in [0.25, 0.3) is 0 Å². The monoisotopic (exact) mass is 880 g/mol. The highest BCUT2D eigenvalue weighted by atomic mass is 31.2. The first-order valence-electron chi connectivity index (χ1n) is 25.6. The van der Waals surface area contributed by atoms with Gasteiger partial charge in [0.05, 0.1) is 19.8 Å². The van der Waals surface area contributed by atoms with Gasteiger partial charge in [0.2, 0.25) is 0 Å². The average Bonchev–Trinajstić information content (AvgIpc) is 3.25. The van der Waals surface area contributed by atoms with Gasteiger partial charge in [0, 0.05) is 19.6 Å². The highest BCUT2D eigenvalue weighted by Gasteiger charge is 2.25. The lowest BCUT2D eigenvalue weighted by molar-refractivity contribution is -0.154. The van der Waals surface area contributed by atoms with Crippen molar-refractivity contribution in [3.05, 3.63) is 48.6 Å². The molecule has 2 unspecified atom stereocenters. The third-order valence-corrected chi connectivity index (χ3v) is 12.0. The summed E-state index contributed by atoms with van der Waals surface area (Å²) < 4.78 is 33.5. The smallest absolute Gasteiger partial charge is 0.457 e. The van der Waals surface area contributed by atoms with Crippen LogP contribution in [-0.2, 0) is 27.9 Å². The van der Waals surface area contributed by atoms with Crippen molar-refractivity contribution in [2.75, 3.05) is 33.0 Å². The van der Waals surface area contributed by atoms with Crippen LogP contribution in [0.4, 0.5) is 0 Å². The van der Waals surface area contributed by atoms with Crippen molar-refractivity contribution in [2.24, 2.45) is 5.73 Å². The van der Waals surface area contributed by atoms with Crippen LogP contribution in [0, 0.1) is 0 Å². The van der Waals surface area contributed by atoms with E-state index in [9.17, 15) is 14.3 Å². The minimum absolute atomic E-state index is 0.0957. The average molecular weight is 880 g/mol. The Morgan fingerprint density at radius 2 is 0.918 bits per heavy atom. The maximum Gasteiger partial charge on any atom is 0.472 e. The zero-order valence-electron chi connectivity index (χ0n) is 39.9. The SMILES string of the molecule is CC/C=C\C/C=C\C/C=C\C/C=C\CCCCCCC(=O)OC(COCCCCCCCCCCCCCCCCCCCCCCCCCCC)COP(=O)(O)OCCN. The van der Waals surface area contributed by atoms with Crippen molar-refractivity contribution in [3.63, 3.8) is 0 Å². The van der Waals surface area contributed by atoms with E-state index >= 15 is 0 Å². The number of unbranched alkanes of at least 4 members (excludes halogenated alkanes) is 28. The zero-order valence-corrected chi connectivity index (χ0v) is 40.8. The Bertz CT molecular complexity index is 1080. The molecule has 0 aliphatic carbocycles. The number of phosphoric ester groups is 1. The van der Waals surface area contributed by atoms with E-state index in [0.717, 1.165) is 70.6 Å². The molecule has 2 atom stereocenters. The lowest BCUT2D eigenvalue weighted by Gasteiger charge is -2.20. The van der Waals surface area contributed by atoms with Crippen molar-refractivity contribution in [1.29, 1.82) is 0 Å². The quantitative estimate of drug-likeness (QED) is 0.0269. The zero-order chi connectivity index (χ0) is 44.4. The van der Waals surface area contributed by atoms with Crippen molar-refractivity contribution in [3.8, 4) is 0 Å². The first-order chi connectivity index (χ1) is 29.9. The van der Waals surface area contributed by atoms with E-state index < -0.39 is 13.9 Å². The molecule has 0 aliphatic rings. The number of nitrogens with two attached hydrogens (primary N) is 1. The number of rotatable bonds is 49. The lowest BCUT2D eigenvalue weighted by Crippen LogP contribution is -2.28. The van der Waals surface area contributed by atoms with E-state index in [2.05, 4.69) is 62.5 Å². The molecule has 0 saturated heterocycles. The van der Waals surface area contributed by atoms with Gasteiger partial charge in [0.1, 0.15) is 6.10 Å². The molecular formula is C52H98NO7P. The highest BCUT2D eigenvalue weighted by molar-refractivity contribution is 7.47. The minimum Gasteiger partial charge on any atom is -0.457 e. The summed E-state index contributed by atoms with van der Waals surface area (Å²) in [4.78, 5) is 22.6. The normalized spacial score (nSPS) is 13.7. The number of carbonyl (C=O) groups excluding carboxylic acids is 1. The third-order valence-electron chi connectivity index (χ3n) is 11.0. The molecule has 0 rings (SSSR count). The summed E-state index contributed by atoms with van der Waals surface area (Å²) in [5, 5.41) is 0. The van der Waals surface area contributed by atoms with Gasteiger partial charge in [0.25, 0.3) is 0 Å². The van der Waals surface area contributed by atoms with E-state index in [-0.39, 0.29) is 32.3 Å². The number of hydrogen-bond acceptors (Lipinski definition) is 7. The van der Waals surface area contributed by atoms with Crippen molar-refractivity contribution in [1.82, 2.24) is 0 Å².